The number of aromatic nitrogens is 2. The molecule has 1 saturated carbocycles. The number of anilines is 1. The molecule has 21 heavy (non-hydrogen) atoms. The summed E-state index contributed by atoms with van der Waals surface area (Å²) < 4.78 is 4.54. The van der Waals surface area contributed by atoms with Crippen LogP contribution in [0.15, 0.2) is 12.1 Å². The summed E-state index contributed by atoms with van der Waals surface area (Å²) in [5.41, 5.74) is 0.143. The lowest BCUT2D eigenvalue weighted by molar-refractivity contribution is -0.144. The van der Waals surface area contributed by atoms with E-state index in [1.165, 1.54) is 13.2 Å². The number of nitrogens with one attached hydrogen (secondary N) is 1. The fourth-order valence-electron chi connectivity index (χ4n) is 2.65. The van der Waals surface area contributed by atoms with Crippen LogP contribution in [0.25, 0.3) is 0 Å². The normalized spacial score (nSPS) is 21.6. The molecule has 7 nitrogen and oxygen atoms in total. The van der Waals surface area contributed by atoms with Gasteiger partial charge in [0.1, 0.15) is 5.82 Å². The summed E-state index contributed by atoms with van der Waals surface area (Å²) in [6, 6.07) is 3.16. The average molecular weight is 293 g/mol. The molecule has 1 aromatic rings. The zero-order valence-corrected chi connectivity index (χ0v) is 11.9. The molecule has 7 heteroatoms. The minimum atomic E-state index is -0.728. The number of carbonyl (C=O) groups is 2. The van der Waals surface area contributed by atoms with Crippen LogP contribution in [-0.4, -0.2) is 40.9 Å². The first-order chi connectivity index (χ1) is 10.1. The predicted molar refractivity (Wildman–Crippen MR) is 74.9 cm³/mol. The molecule has 0 bridgehead atoms. The number of nitrogens with zero attached hydrogens (tertiary/aromatic N) is 2. The molecular weight excluding hydrogens is 274 g/mol. The van der Waals surface area contributed by atoms with Crippen LogP contribution >= 0.6 is 0 Å². The van der Waals surface area contributed by atoms with Crippen LogP contribution in [0.5, 0.6) is 0 Å². The van der Waals surface area contributed by atoms with Gasteiger partial charge in [0, 0.05) is 6.54 Å². The minimum Gasteiger partial charge on any atom is -0.481 e. The molecule has 0 spiro atoms. The lowest BCUT2D eigenvalue weighted by Gasteiger charge is -2.28. The number of hydrogen-bond acceptors (Lipinski definition) is 6. The van der Waals surface area contributed by atoms with Gasteiger partial charge < -0.3 is 15.2 Å². The van der Waals surface area contributed by atoms with Crippen molar-refractivity contribution < 1.29 is 19.4 Å². The molecule has 2 rings (SSSR count). The fourth-order valence-corrected chi connectivity index (χ4v) is 2.65. The molecule has 0 radical (unpaired) electrons. The van der Waals surface area contributed by atoms with Crippen molar-refractivity contribution in [2.24, 2.45) is 11.8 Å². The lowest BCUT2D eigenvalue weighted by atomic mass is 9.79. The standard InChI is InChI=1S/C14H19N3O4/c1-21-14(20)11-6-7-12(17-16-11)15-8-9-4-2-3-5-10(9)13(18)19/h6-7,9-10H,2-5,8H2,1H3,(H,15,17)(H,18,19). The largest absolute Gasteiger partial charge is 0.481 e. The van der Waals surface area contributed by atoms with Gasteiger partial charge in [0.25, 0.3) is 0 Å². The van der Waals surface area contributed by atoms with E-state index in [-0.39, 0.29) is 17.5 Å². The van der Waals surface area contributed by atoms with Crippen molar-refractivity contribution in [3.63, 3.8) is 0 Å². The summed E-state index contributed by atoms with van der Waals surface area (Å²) in [7, 11) is 1.28. The molecule has 0 aromatic carbocycles. The fraction of sp³-hybridized carbons (Fsp3) is 0.571. The third-order valence-electron chi connectivity index (χ3n) is 3.83. The number of carbonyl (C=O) groups excluding carboxylic acids is 1. The molecule has 2 unspecified atom stereocenters. The molecule has 114 valence electrons. The van der Waals surface area contributed by atoms with E-state index in [2.05, 4.69) is 20.3 Å². The Morgan fingerprint density at radius 1 is 1.33 bits per heavy atom. The van der Waals surface area contributed by atoms with Gasteiger partial charge in [-0.3, -0.25) is 4.79 Å². The van der Waals surface area contributed by atoms with Crippen LogP contribution in [0.3, 0.4) is 0 Å². The van der Waals surface area contributed by atoms with Crippen LogP contribution in [0, 0.1) is 11.8 Å². The molecule has 1 aromatic heterocycles. The molecule has 2 N–H and O–H groups in total. The maximum Gasteiger partial charge on any atom is 0.358 e. The van der Waals surface area contributed by atoms with E-state index >= 15 is 0 Å². The zero-order chi connectivity index (χ0) is 15.2. The van der Waals surface area contributed by atoms with Gasteiger partial charge in [-0.2, -0.15) is 0 Å². The number of hydrogen-bond donors (Lipinski definition) is 2. The average Bonchev–Trinajstić information content (AvgIpc) is 2.52. The van der Waals surface area contributed by atoms with E-state index in [0.29, 0.717) is 12.4 Å². The summed E-state index contributed by atoms with van der Waals surface area (Å²) in [5.74, 6) is -0.940. The Morgan fingerprint density at radius 3 is 2.71 bits per heavy atom. The smallest absolute Gasteiger partial charge is 0.358 e. The minimum absolute atomic E-state index is 0.0957. The highest BCUT2D eigenvalue weighted by Gasteiger charge is 2.30. The maximum atomic E-state index is 11.2. The van der Waals surface area contributed by atoms with Gasteiger partial charge in [-0.15, -0.1) is 10.2 Å². The quantitative estimate of drug-likeness (QED) is 0.794. The van der Waals surface area contributed by atoms with Gasteiger partial charge in [0.15, 0.2) is 5.69 Å². The Hall–Kier alpha value is -2.18. The van der Waals surface area contributed by atoms with Gasteiger partial charge in [0.05, 0.1) is 13.0 Å². The second kappa shape index (κ2) is 7.01. The summed E-state index contributed by atoms with van der Waals surface area (Å²) in [4.78, 5) is 22.5. The second-order valence-electron chi connectivity index (χ2n) is 5.17. The summed E-state index contributed by atoms with van der Waals surface area (Å²) in [6.07, 6.45) is 3.66. The van der Waals surface area contributed by atoms with E-state index in [1.54, 1.807) is 6.07 Å². The predicted octanol–water partition coefficient (Wildman–Crippen LogP) is 1.57. The van der Waals surface area contributed by atoms with E-state index < -0.39 is 11.9 Å². The molecule has 1 aliphatic rings. The topological polar surface area (TPSA) is 101 Å². The van der Waals surface area contributed by atoms with Gasteiger partial charge in [-0.25, -0.2) is 4.79 Å². The Morgan fingerprint density at radius 2 is 2.10 bits per heavy atom. The molecule has 1 aliphatic carbocycles. The number of methoxy groups -OCH3 is 1. The Kier molecular flexibility index (Phi) is 5.08. The number of carboxylic acids is 1. The van der Waals surface area contributed by atoms with Crippen molar-refractivity contribution in [2.45, 2.75) is 25.7 Å². The van der Waals surface area contributed by atoms with Gasteiger partial charge in [-0.05, 0) is 30.9 Å². The van der Waals surface area contributed by atoms with Crippen molar-refractivity contribution in [3.05, 3.63) is 17.8 Å². The Bertz CT molecular complexity index is 503. The molecular formula is C14H19N3O4. The number of aliphatic carboxylic acids is 1. The summed E-state index contributed by atoms with van der Waals surface area (Å²) in [6.45, 7) is 0.545. The molecule has 1 fully saturated rings. The first-order valence-corrected chi connectivity index (χ1v) is 7.00. The van der Waals surface area contributed by atoms with Crippen molar-refractivity contribution in [3.8, 4) is 0 Å². The SMILES string of the molecule is COC(=O)c1ccc(NCC2CCCCC2C(=O)O)nn1. The monoisotopic (exact) mass is 293 g/mol. The van der Waals surface area contributed by atoms with Gasteiger partial charge in [0.2, 0.25) is 0 Å². The number of rotatable bonds is 5. The van der Waals surface area contributed by atoms with E-state index in [4.69, 9.17) is 0 Å². The van der Waals surface area contributed by atoms with Crippen LogP contribution in [0.4, 0.5) is 5.82 Å². The van der Waals surface area contributed by atoms with E-state index in [1.807, 2.05) is 0 Å². The highest BCUT2D eigenvalue weighted by atomic mass is 16.5. The molecule has 0 saturated heterocycles. The summed E-state index contributed by atoms with van der Waals surface area (Å²) >= 11 is 0. The Balaban J connectivity index is 1.92. The van der Waals surface area contributed by atoms with Crippen LogP contribution < -0.4 is 5.32 Å². The molecule has 1 heterocycles. The van der Waals surface area contributed by atoms with Crippen LogP contribution in [0.2, 0.25) is 0 Å². The van der Waals surface area contributed by atoms with Crippen LogP contribution in [-0.2, 0) is 9.53 Å². The molecule has 0 aliphatic heterocycles. The first-order valence-electron chi connectivity index (χ1n) is 7.00. The summed E-state index contributed by atoms with van der Waals surface area (Å²) in [5, 5.41) is 20.0. The third kappa shape index (κ3) is 3.90. The Labute approximate surface area is 122 Å². The maximum absolute atomic E-state index is 11.2. The molecule has 0 amide bonds. The molecule has 2 atom stereocenters. The first kappa shape index (κ1) is 15.2. The van der Waals surface area contributed by atoms with Crippen molar-refractivity contribution in [1.82, 2.24) is 10.2 Å². The number of esters is 1. The third-order valence-corrected chi connectivity index (χ3v) is 3.83. The number of ether oxygens (including phenoxy) is 1. The zero-order valence-electron chi connectivity index (χ0n) is 11.9. The second-order valence-corrected chi connectivity index (χ2v) is 5.17. The van der Waals surface area contributed by atoms with Gasteiger partial charge >= 0.3 is 11.9 Å². The van der Waals surface area contributed by atoms with E-state index in [9.17, 15) is 14.7 Å². The number of carboxylic acid groups (broad SMARTS) is 1. The van der Waals surface area contributed by atoms with E-state index in [0.717, 1.165) is 25.7 Å². The van der Waals surface area contributed by atoms with Gasteiger partial charge in [-0.1, -0.05) is 12.8 Å². The van der Waals surface area contributed by atoms with Crippen molar-refractivity contribution >= 4 is 17.8 Å². The van der Waals surface area contributed by atoms with Crippen molar-refractivity contribution in [2.75, 3.05) is 19.0 Å². The highest BCUT2D eigenvalue weighted by molar-refractivity contribution is 5.86. The van der Waals surface area contributed by atoms with Crippen LogP contribution in [0.1, 0.15) is 36.2 Å². The highest BCUT2D eigenvalue weighted by Crippen LogP contribution is 2.30. The van der Waals surface area contributed by atoms with Crippen molar-refractivity contribution in [1.29, 1.82) is 0 Å². The lowest BCUT2D eigenvalue weighted by Crippen LogP contribution is -2.32.